The topological polar surface area (TPSA) is 18.5 Å². The molecule has 0 aliphatic heterocycles. The highest BCUT2D eigenvalue weighted by molar-refractivity contribution is 6.55. The molecule has 2 aliphatic carbocycles. The number of ether oxygens (including phenoxy) is 1. The van der Waals surface area contributed by atoms with Gasteiger partial charge in [-0.3, -0.25) is 0 Å². The van der Waals surface area contributed by atoms with Crippen LogP contribution in [0.5, 0.6) is 0 Å². The number of rotatable bonds is 8. The second-order valence-corrected chi connectivity index (χ2v) is 8.51. The van der Waals surface area contributed by atoms with Crippen molar-refractivity contribution >= 4 is 6.92 Å². The van der Waals surface area contributed by atoms with Gasteiger partial charge in [-0.05, 0) is 37.1 Å². The van der Waals surface area contributed by atoms with Gasteiger partial charge in [0.15, 0.2) is 0 Å². The van der Waals surface area contributed by atoms with E-state index in [9.17, 15) is 0 Å². The molecule has 0 radical (unpaired) electrons. The van der Waals surface area contributed by atoms with Crippen molar-refractivity contribution in [3.8, 4) is 0 Å². The molecule has 2 fully saturated rings. The van der Waals surface area contributed by atoms with Crippen LogP contribution in [0.2, 0.25) is 11.6 Å². The lowest BCUT2D eigenvalue weighted by atomic mass is 9.41. The smallest absolute Gasteiger partial charge is 0.363 e. The van der Waals surface area contributed by atoms with E-state index in [1.807, 2.05) is 6.07 Å². The van der Waals surface area contributed by atoms with Crippen molar-refractivity contribution in [1.29, 1.82) is 0 Å². The first-order valence-corrected chi connectivity index (χ1v) is 11.3. The minimum atomic E-state index is 0.00453. The number of hydrogen-bond donors (Lipinski definition) is 0. The van der Waals surface area contributed by atoms with Gasteiger partial charge in [0.2, 0.25) is 0 Å². The third-order valence-electron chi connectivity index (χ3n) is 6.53. The maximum atomic E-state index is 6.77. The molecule has 3 heteroatoms. The highest BCUT2D eigenvalue weighted by Gasteiger charge is 2.39. The molecule has 0 spiro atoms. The summed E-state index contributed by atoms with van der Waals surface area (Å²) >= 11 is 0. The second kappa shape index (κ2) is 10.9. The zero-order valence-corrected chi connectivity index (χ0v) is 17.4. The van der Waals surface area contributed by atoms with Gasteiger partial charge in [-0.1, -0.05) is 94.5 Å². The molecular weight excluding hydrogens is 331 g/mol. The van der Waals surface area contributed by atoms with E-state index < -0.39 is 0 Å². The molecule has 2 aliphatic rings. The fourth-order valence-electron chi connectivity index (χ4n) is 4.94. The fourth-order valence-corrected chi connectivity index (χ4v) is 4.94. The van der Waals surface area contributed by atoms with Crippen LogP contribution in [0.3, 0.4) is 0 Å². The third kappa shape index (κ3) is 6.14. The van der Waals surface area contributed by atoms with E-state index in [0.29, 0.717) is 13.5 Å². The van der Waals surface area contributed by atoms with Crippen LogP contribution in [0.25, 0.3) is 0 Å². The minimum absolute atomic E-state index is 0.00453. The molecule has 0 bridgehead atoms. The summed E-state index contributed by atoms with van der Waals surface area (Å²) in [4.78, 5) is 0. The van der Waals surface area contributed by atoms with Gasteiger partial charge in [0.05, 0.1) is 12.4 Å². The summed E-state index contributed by atoms with van der Waals surface area (Å²) in [5.74, 6) is 2.50. The van der Waals surface area contributed by atoms with E-state index in [-0.39, 0.29) is 6.10 Å². The number of allylic oxidation sites excluding steroid dienone is 1. The Kier molecular flexibility index (Phi) is 8.32. The number of benzene rings is 1. The molecule has 1 aromatic carbocycles. The molecule has 27 heavy (non-hydrogen) atoms. The van der Waals surface area contributed by atoms with Crippen molar-refractivity contribution in [1.82, 2.24) is 0 Å². The van der Waals surface area contributed by atoms with Gasteiger partial charge in [0.1, 0.15) is 6.10 Å². The first-order chi connectivity index (χ1) is 13.3. The Morgan fingerprint density at radius 3 is 2.04 bits per heavy atom. The summed E-state index contributed by atoms with van der Waals surface area (Å²) < 4.78 is 12.9. The lowest BCUT2D eigenvalue weighted by Crippen LogP contribution is -2.35. The molecule has 0 heterocycles. The molecular formula is C24H37BO2. The molecule has 2 nitrogen and oxygen atoms in total. The molecule has 148 valence electrons. The molecule has 0 amide bonds. The zero-order valence-electron chi connectivity index (χ0n) is 17.4. The lowest BCUT2D eigenvalue weighted by molar-refractivity contribution is 0.0515. The van der Waals surface area contributed by atoms with E-state index in [1.165, 1.54) is 69.8 Å². The van der Waals surface area contributed by atoms with Crippen LogP contribution in [0.4, 0.5) is 0 Å². The van der Waals surface area contributed by atoms with Gasteiger partial charge in [-0.2, -0.15) is 0 Å². The monoisotopic (exact) mass is 368 g/mol. The second-order valence-electron chi connectivity index (χ2n) is 8.51. The summed E-state index contributed by atoms with van der Waals surface area (Å²) in [5.41, 5.74) is 1.22. The molecule has 2 saturated carbocycles. The Morgan fingerprint density at radius 2 is 1.52 bits per heavy atom. The Labute approximate surface area is 166 Å². The summed E-state index contributed by atoms with van der Waals surface area (Å²) in [5, 5.41) is 0. The van der Waals surface area contributed by atoms with E-state index in [4.69, 9.17) is 9.39 Å². The largest absolute Gasteiger partial charge is 0.561 e. The molecule has 0 saturated heterocycles. The van der Waals surface area contributed by atoms with Crippen LogP contribution >= 0.6 is 0 Å². The van der Waals surface area contributed by atoms with Gasteiger partial charge < -0.3 is 9.39 Å². The lowest BCUT2D eigenvalue weighted by Gasteiger charge is -2.36. The van der Waals surface area contributed by atoms with E-state index in [0.717, 1.165) is 17.4 Å². The Bertz CT molecular complexity index is 541. The standard InChI is InChI=1S/C24H37BO2/c1-3-24(20(2)26-19-21-13-7-4-8-14-21)27-25(22-15-9-5-10-16-22)23-17-11-6-12-18-23/h3-4,7-8,13-14,20,22-23H,5-6,9-12,15-19H2,1-2H3/b24-3-/t20-/m0/s1. The summed E-state index contributed by atoms with van der Waals surface area (Å²) in [7, 11) is 0. The van der Waals surface area contributed by atoms with Gasteiger partial charge in [-0.15, -0.1) is 0 Å². The summed E-state index contributed by atoms with van der Waals surface area (Å²) in [6, 6.07) is 10.4. The highest BCUT2D eigenvalue weighted by atomic mass is 16.5. The Morgan fingerprint density at radius 1 is 0.963 bits per heavy atom. The van der Waals surface area contributed by atoms with Gasteiger partial charge in [-0.25, -0.2) is 0 Å². The zero-order chi connectivity index (χ0) is 18.9. The fraction of sp³-hybridized carbons (Fsp3) is 0.667. The normalized spacial score (nSPS) is 21.0. The van der Waals surface area contributed by atoms with Crippen LogP contribution in [0.1, 0.15) is 83.6 Å². The SMILES string of the molecule is C/C=C(\OB(C1CCCCC1)C1CCCCC1)[C@H](C)OCc1ccccc1. The van der Waals surface area contributed by atoms with Crippen LogP contribution in [0, 0.1) is 0 Å². The summed E-state index contributed by atoms with van der Waals surface area (Å²) in [6.07, 6.45) is 15.8. The van der Waals surface area contributed by atoms with E-state index >= 15 is 0 Å². The molecule has 1 atom stereocenters. The first-order valence-electron chi connectivity index (χ1n) is 11.3. The van der Waals surface area contributed by atoms with Gasteiger partial charge in [0, 0.05) is 0 Å². The van der Waals surface area contributed by atoms with E-state index in [1.54, 1.807) is 0 Å². The molecule has 0 aromatic heterocycles. The van der Waals surface area contributed by atoms with Crippen LogP contribution in [-0.4, -0.2) is 13.0 Å². The molecule has 0 unspecified atom stereocenters. The quantitative estimate of drug-likeness (QED) is 0.358. The van der Waals surface area contributed by atoms with E-state index in [2.05, 4.69) is 44.2 Å². The average Bonchev–Trinajstić information content (AvgIpc) is 2.75. The van der Waals surface area contributed by atoms with Crippen molar-refractivity contribution in [2.45, 2.75) is 102 Å². The maximum absolute atomic E-state index is 6.77. The summed E-state index contributed by atoms with van der Waals surface area (Å²) in [6.45, 7) is 5.26. The van der Waals surface area contributed by atoms with Crippen LogP contribution in [0.15, 0.2) is 42.2 Å². The average molecular weight is 368 g/mol. The predicted molar refractivity (Wildman–Crippen MR) is 115 cm³/mol. The van der Waals surface area contributed by atoms with Gasteiger partial charge in [0.25, 0.3) is 0 Å². The van der Waals surface area contributed by atoms with Crippen LogP contribution in [-0.2, 0) is 16.0 Å². The minimum Gasteiger partial charge on any atom is -0.561 e. The van der Waals surface area contributed by atoms with Crippen molar-refractivity contribution in [3.05, 3.63) is 47.7 Å². The molecule has 0 N–H and O–H groups in total. The molecule has 1 aromatic rings. The third-order valence-corrected chi connectivity index (χ3v) is 6.53. The first kappa shape index (κ1) is 20.5. The number of hydrogen-bond acceptors (Lipinski definition) is 2. The van der Waals surface area contributed by atoms with Gasteiger partial charge >= 0.3 is 6.92 Å². The van der Waals surface area contributed by atoms with Crippen LogP contribution < -0.4 is 0 Å². The van der Waals surface area contributed by atoms with Crippen molar-refractivity contribution in [3.63, 3.8) is 0 Å². The Hall–Kier alpha value is -1.22. The maximum Gasteiger partial charge on any atom is 0.363 e. The van der Waals surface area contributed by atoms with Crippen molar-refractivity contribution in [2.75, 3.05) is 0 Å². The van der Waals surface area contributed by atoms with Crippen molar-refractivity contribution in [2.24, 2.45) is 0 Å². The molecule has 3 rings (SSSR count). The predicted octanol–water partition coefficient (Wildman–Crippen LogP) is 7.17. The Balaban J connectivity index is 1.62. The van der Waals surface area contributed by atoms with Crippen molar-refractivity contribution < 1.29 is 9.39 Å². The highest BCUT2D eigenvalue weighted by Crippen LogP contribution is 2.42.